The van der Waals surface area contributed by atoms with Gasteiger partial charge >= 0.3 is 5.97 Å². The van der Waals surface area contributed by atoms with Gasteiger partial charge in [-0.15, -0.1) is 0 Å². The molecule has 1 aromatic carbocycles. The molecule has 2 aliphatic carbocycles. The molecular weight excluding hydrogens is 282 g/mol. The summed E-state index contributed by atoms with van der Waals surface area (Å²) in [5, 5.41) is 13.2. The van der Waals surface area contributed by atoms with Crippen LogP contribution in [-0.4, -0.2) is 23.0 Å². The predicted molar refractivity (Wildman–Crippen MR) is 79.4 cm³/mol. The number of carbonyl (C=O) groups excluding carboxylic acids is 1. The average Bonchev–Trinajstić information content (AvgIpc) is 3.20. The van der Waals surface area contributed by atoms with E-state index < -0.39 is 11.9 Å². The van der Waals surface area contributed by atoms with E-state index in [1.807, 2.05) is 24.3 Å². The summed E-state index contributed by atoms with van der Waals surface area (Å²) in [6, 6.07) is 8.85. The zero-order chi connectivity index (χ0) is 15.3. The fraction of sp³-hybridized carbons (Fsp3) is 0.412. The van der Waals surface area contributed by atoms with Crippen molar-refractivity contribution in [2.75, 3.05) is 0 Å². The molecule has 0 radical (unpaired) electrons. The molecule has 2 N–H and O–H groups in total. The molecule has 114 valence electrons. The molecule has 4 rings (SSSR count). The molecule has 2 fully saturated rings. The average molecular weight is 299 g/mol. The van der Waals surface area contributed by atoms with Crippen LogP contribution in [0.2, 0.25) is 0 Å². The number of aliphatic carboxylic acids is 1. The van der Waals surface area contributed by atoms with Crippen LogP contribution in [0.5, 0.6) is 0 Å². The van der Waals surface area contributed by atoms with E-state index in [1.54, 1.807) is 6.07 Å². The molecule has 2 bridgehead atoms. The van der Waals surface area contributed by atoms with Crippen molar-refractivity contribution in [1.29, 1.82) is 0 Å². The van der Waals surface area contributed by atoms with E-state index in [2.05, 4.69) is 5.32 Å². The molecule has 4 atom stereocenters. The Morgan fingerprint density at radius 2 is 1.95 bits per heavy atom. The number of hydrogen-bond acceptors (Lipinski definition) is 3. The monoisotopic (exact) mass is 299 g/mol. The van der Waals surface area contributed by atoms with Crippen molar-refractivity contribution in [3.63, 3.8) is 0 Å². The van der Waals surface area contributed by atoms with Gasteiger partial charge in [0.25, 0.3) is 5.91 Å². The van der Waals surface area contributed by atoms with Crippen molar-refractivity contribution in [3.05, 3.63) is 36.1 Å². The second-order valence-corrected chi connectivity index (χ2v) is 6.34. The molecule has 0 aliphatic heterocycles. The van der Waals surface area contributed by atoms with Crippen LogP contribution in [0.4, 0.5) is 0 Å². The van der Waals surface area contributed by atoms with Gasteiger partial charge in [0.05, 0.1) is 5.92 Å². The number of carboxylic acids is 1. The van der Waals surface area contributed by atoms with Crippen LogP contribution in [-0.2, 0) is 4.79 Å². The van der Waals surface area contributed by atoms with E-state index in [0.29, 0.717) is 5.58 Å². The minimum atomic E-state index is -0.804. The van der Waals surface area contributed by atoms with Gasteiger partial charge in [0.15, 0.2) is 5.76 Å². The third-order valence-electron chi connectivity index (χ3n) is 5.15. The minimum Gasteiger partial charge on any atom is -0.481 e. The Labute approximate surface area is 127 Å². The number of rotatable bonds is 3. The Morgan fingerprint density at radius 1 is 1.18 bits per heavy atom. The number of furan rings is 1. The first-order valence-electron chi connectivity index (χ1n) is 7.66. The Hall–Kier alpha value is -2.30. The maximum Gasteiger partial charge on any atom is 0.308 e. The topological polar surface area (TPSA) is 79.5 Å². The number of para-hydroxylation sites is 1. The van der Waals surface area contributed by atoms with Gasteiger partial charge in [0.2, 0.25) is 0 Å². The number of carbonyl (C=O) groups is 2. The van der Waals surface area contributed by atoms with Crippen LogP contribution in [0.1, 0.15) is 29.8 Å². The van der Waals surface area contributed by atoms with Crippen molar-refractivity contribution in [1.82, 2.24) is 5.32 Å². The maximum absolute atomic E-state index is 12.4. The van der Waals surface area contributed by atoms with E-state index >= 15 is 0 Å². The summed E-state index contributed by atoms with van der Waals surface area (Å²) >= 11 is 0. The predicted octanol–water partition coefficient (Wildman–Crippen LogP) is 2.66. The smallest absolute Gasteiger partial charge is 0.308 e. The molecule has 2 aliphatic rings. The Morgan fingerprint density at radius 3 is 2.73 bits per heavy atom. The third kappa shape index (κ3) is 2.00. The van der Waals surface area contributed by atoms with Crippen molar-refractivity contribution < 1.29 is 19.1 Å². The largest absolute Gasteiger partial charge is 0.481 e. The molecule has 5 nitrogen and oxygen atoms in total. The molecular formula is C17H17NO4. The van der Waals surface area contributed by atoms with Crippen LogP contribution in [0.3, 0.4) is 0 Å². The van der Waals surface area contributed by atoms with Crippen LogP contribution in [0.25, 0.3) is 11.0 Å². The van der Waals surface area contributed by atoms with Gasteiger partial charge < -0.3 is 14.8 Å². The van der Waals surface area contributed by atoms with Gasteiger partial charge in [-0.25, -0.2) is 0 Å². The van der Waals surface area contributed by atoms with Crippen molar-refractivity contribution >= 4 is 22.8 Å². The highest BCUT2D eigenvalue weighted by atomic mass is 16.4. The fourth-order valence-electron chi connectivity index (χ4n) is 4.17. The molecule has 2 aromatic rings. The van der Waals surface area contributed by atoms with Crippen molar-refractivity contribution in [2.24, 2.45) is 17.8 Å². The van der Waals surface area contributed by atoms with Crippen LogP contribution >= 0.6 is 0 Å². The SMILES string of the molecule is O=C(N[C@@H]1[C@H]2CC[C@@H](C2)[C@H]1C(=O)O)c1cc2ccccc2o1. The quantitative estimate of drug-likeness (QED) is 0.913. The van der Waals surface area contributed by atoms with Crippen molar-refractivity contribution in [3.8, 4) is 0 Å². The maximum atomic E-state index is 12.4. The molecule has 1 heterocycles. The number of fused-ring (bicyclic) bond motifs is 3. The number of nitrogens with one attached hydrogen (secondary N) is 1. The molecule has 1 aromatic heterocycles. The summed E-state index contributed by atoms with van der Waals surface area (Å²) in [5.41, 5.74) is 0.662. The van der Waals surface area contributed by atoms with Gasteiger partial charge in [0.1, 0.15) is 5.58 Å². The Kier molecular flexibility index (Phi) is 2.96. The first-order valence-corrected chi connectivity index (χ1v) is 7.66. The molecule has 0 spiro atoms. The minimum absolute atomic E-state index is 0.198. The summed E-state index contributed by atoms with van der Waals surface area (Å²) in [6.45, 7) is 0. The van der Waals surface area contributed by atoms with E-state index in [1.165, 1.54) is 0 Å². The summed E-state index contributed by atoms with van der Waals surface area (Å²) in [5.74, 6) is -0.870. The lowest BCUT2D eigenvalue weighted by Gasteiger charge is -2.28. The second kappa shape index (κ2) is 4.87. The van der Waals surface area contributed by atoms with Crippen LogP contribution in [0, 0.1) is 17.8 Å². The van der Waals surface area contributed by atoms with Gasteiger partial charge in [-0.2, -0.15) is 0 Å². The number of amides is 1. The normalized spacial score (nSPS) is 29.8. The van der Waals surface area contributed by atoms with Gasteiger partial charge in [-0.05, 0) is 43.2 Å². The lowest BCUT2D eigenvalue weighted by atomic mass is 9.84. The van der Waals surface area contributed by atoms with Crippen molar-refractivity contribution in [2.45, 2.75) is 25.3 Å². The summed E-state index contributed by atoms with van der Waals surface area (Å²) in [4.78, 5) is 23.9. The molecule has 22 heavy (non-hydrogen) atoms. The van der Waals surface area contributed by atoms with E-state index in [0.717, 1.165) is 24.6 Å². The standard InChI is InChI=1S/C17H17NO4/c19-16(13-8-9-3-1-2-4-12(9)22-13)18-15-11-6-5-10(7-11)14(15)17(20)21/h1-4,8,10-11,14-15H,5-7H2,(H,18,19)(H,20,21)/t10-,11-,14+,15+/m0/s1. The zero-order valence-corrected chi connectivity index (χ0v) is 12.0. The number of benzene rings is 1. The molecule has 1 amide bonds. The first kappa shape index (κ1) is 13.4. The zero-order valence-electron chi connectivity index (χ0n) is 12.0. The summed E-state index contributed by atoms with van der Waals surface area (Å²) in [6.07, 6.45) is 2.86. The molecule has 2 saturated carbocycles. The van der Waals surface area contributed by atoms with Crippen LogP contribution < -0.4 is 5.32 Å². The molecule has 0 saturated heterocycles. The third-order valence-corrected chi connectivity index (χ3v) is 5.15. The second-order valence-electron chi connectivity index (χ2n) is 6.34. The summed E-state index contributed by atoms with van der Waals surface area (Å²) in [7, 11) is 0. The first-order chi connectivity index (χ1) is 10.6. The lowest BCUT2D eigenvalue weighted by molar-refractivity contribution is -0.144. The highest BCUT2D eigenvalue weighted by Gasteiger charge is 2.51. The van der Waals surface area contributed by atoms with E-state index in [-0.39, 0.29) is 29.5 Å². The van der Waals surface area contributed by atoms with E-state index in [9.17, 15) is 14.7 Å². The fourth-order valence-corrected chi connectivity index (χ4v) is 4.17. The number of hydrogen-bond donors (Lipinski definition) is 2. The van der Waals surface area contributed by atoms with Gasteiger partial charge in [-0.3, -0.25) is 9.59 Å². The molecule has 0 unspecified atom stereocenters. The molecule has 5 heteroatoms. The Balaban J connectivity index is 1.57. The van der Waals surface area contributed by atoms with Gasteiger partial charge in [-0.1, -0.05) is 18.2 Å². The highest BCUT2D eigenvalue weighted by Crippen LogP contribution is 2.48. The number of carboxylic acid groups (broad SMARTS) is 1. The summed E-state index contributed by atoms with van der Waals surface area (Å²) < 4.78 is 5.56. The Bertz CT molecular complexity index is 717. The van der Waals surface area contributed by atoms with Crippen LogP contribution in [0.15, 0.2) is 34.7 Å². The lowest BCUT2D eigenvalue weighted by Crippen LogP contribution is -2.46. The van der Waals surface area contributed by atoms with E-state index in [4.69, 9.17) is 4.42 Å². The van der Waals surface area contributed by atoms with Gasteiger partial charge in [0, 0.05) is 11.4 Å². The highest BCUT2D eigenvalue weighted by molar-refractivity contribution is 5.96.